The van der Waals surface area contributed by atoms with Crippen LogP contribution in [0.2, 0.25) is 0 Å². The van der Waals surface area contributed by atoms with Crippen LogP contribution < -0.4 is 9.21 Å². The topological polar surface area (TPSA) is 57.7 Å². The zero-order valence-corrected chi connectivity index (χ0v) is 14.9. The highest BCUT2D eigenvalue weighted by Crippen LogP contribution is 2.34. The number of benzene rings is 2. The molecule has 25 heavy (non-hydrogen) atoms. The number of rotatable bonds is 2. The first-order valence-corrected chi connectivity index (χ1v) is 10.1. The number of nitrogens with zero attached hydrogens (tertiary/aromatic N) is 2. The molecule has 2 aromatic carbocycles. The van der Waals surface area contributed by atoms with Crippen molar-refractivity contribution < 1.29 is 13.2 Å². The normalized spacial score (nSPS) is 21.4. The number of para-hydroxylation sites is 1. The van der Waals surface area contributed by atoms with Crippen LogP contribution in [-0.2, 0) is 16.4 Å². The van der Waals surface area contributed by atoms with Gasteiger partial charge in [-0.15, -0.1) is 0 Å². The predicted octanol–water partition coefficient (Wildman–Crippen LogP) is 2.82. The van der Waals surface area contributed by atoms with Gasteiger partial charge < -0.3 is 4.90 Å². The third-order valence-corrected chi connectivity index (χ3v) is 6.78. The Morgan fingerprint density at radius 2 is 1.92 bits per heavy atom. The van der Waals surface area contributed by atoms with E-state index >= 15 is 0 Å². The molecule has 130 valence electrons. The van der Waals surface area contributed by atoms with Gasteiger partial charge >= 0.3 is 0 Å². The van der Waals surface area contributed by atoms with Crippen molar-refractivity contribution in [3.8, 4) is 0 Å². The molecule has 0 aliphatic carbocycles. The molecule has 4 rings (SSSR count). The number of sulfonamides is 1. The van der Waals surface area contributed by atoms with Crippen molar-refractivity contribution in [2.45, 2.75) is 25.8 Å². The Kier molecular flexibility index (Phi) is 3.80. The third kappa shape index (κ3) is 2.70. The van der Waals surface area contributed by atoms with Crippen LogP contribution in [0.3, 0.4) is 0 Å². The molecule has 5 nitrogen and oxygen atoms in total. The lowest BCUT2D eigenvalue weighted by Crippen LogP contribution is -2.36. The Balaban J connectivity index is 1.69. The van der Waals surface area contributed by atoms with E-state index in [9.17, 15) is 13.2 Å². The lowest BCUT2D eigenvalue weighted by atomic mass is 10.1. The second-order valence-corrected chi connectivity index (χ2v) is 8.66. The van der Waals surface area contributed by atoms with Crippen LogP contribution >= 0.6 is 0 Å². The van der Waals surface area contributed by atoms with Gasteiger partial charge in [0.05, 0.1) is 11.4 Å². The number of carbonyl (C=O) groups excluding carboxylic acids is 1. The van der Waals surface area contributed by atoms with Gasteiger partial charge in [-0.1, -0.05) is 24.3 Å². The average molecular weight is 356 g/mol. The zero-order chi connectivity index (χ0) is 17.6. The Morgan fingerprint density at radius 1 is 1.12 bits per heavy atom. The summed E-state index contributed by atoms with van der Waals surface area (Å²) >= 11 is 0. The van der Waals surface area contributed by atoms with E-state index in [1.54, 1.807) is 24.3 Å². The Hall–Kier alpha value is -2.34. The van der Waals surface area contributed by atoms with E-state index in [1.165, 1.54) is 9.87 Å². The second-order valence-electron chi connectivity index (χ2n) is 6.65. The molecule has 0 N–H and O–H groups in total. The fraction of sp³-hybridized carbons (Fsp3) is 0.316. The Bertz CT molecular complexity index is 939. The lowest BCUT2D eigenvalue weighted by Gasteiger charge is -2.24. The Morgan fingerprint density at radius 3 is 2.68 bits per heavy atom. The molecule has 0 aromatic heterocycles. The van der Waals surface area contributed by atoms with E-state index < -0.39 is 10.0 Å². The molecule has 6 heteroatoms. The fourth-order valence-electron chi connectivity index (χ4n) is 3.74. The summed E-state index contributed by atoms with van der Waals surface area (Å²) in [6, 6.07) is 15.0. The summed E-state index contributed by atoms with van der Waals surface area (Å²) in [7, 11) is -3.25. The van der Waals surface area contributed by atoms with Gasteiger partial charge in [-0.05, 0) is 49.6 Å². The highest BCUT2D eigenvalue weighted by atomic mass is 32.2. The maximum Gasteiger partial charge on any atom is 0.258 e. The third-order valence-electron chi connectivity index (χ3n) is 4.91. The van der Waals surface area contributed by atoms with Crippen LogP contribution in [0.15, 0.2) is 48.5 Å². The highest BCUT2D eigenvalue weighted by molar-refractivity contribution is 7.93. The smallest absolute Gasteiger partial charge is 0.258 e. The van der Waals surface area contributed by atoms with Crippen LogP contribution in [0.25, 0.3) is 0 Å². The van der Waals surface area contributed by atoms with Crippen molar-refractivity contribution in [1.82, 2.24) is 0 Å². The zero-order valence-electron chi connectivity index (χ0n) is 14.1. The van der Waals surface area contributed by atoms with E-state index in [4.69, 9.17) is 0 Å². The molecule has 2 aliphatic rings. The van der Waals surface area contributed by atoms with Crippen LogP contribution in [-0.4, -0.2) is 32.7 Å². The minimum absolute atomic E-state index is 0.0871. The summed E-state index contributed by atoms with van der Waals surface area (Å²) in [6.07, 6.45) is 1.46. The summed E-state index contributed by atoms with van der Waals surface area (Å²) in [5.41, 5.74) is 3.20. The van der Waals surface area contributed by atoms with Crippen LogP contribution in [0, 0.1) is 0 Å². The molecule has 1 atom stereocenters. The summed E-state index contributed by atoms with van der Waals surface area (Å²) in [5.74, 6) is 0.0812. The number of hydrogen-bond acceptors (Lipinski definition) is 3. The fourth-order valence-corrected chi connectivity index (χ4v) is 5.29. The summed E-state index contributed by atoms with van der Waals surface area (Å²) < 4.78 is 25.7. The van der Waals surface area contributed by atoms with Gasteiger partial charge in [-0.25, -0.2) is 8.42 Å². The van der Waals surface area contributed by atoms with Gasteiger partial charge in [0, 0.05) is 23.8 Å². The molecular formula is C19H20N2O3S. The molecule has 1 fully saturated rings. The van der Waals surface area contributed by atoms with Gasteiger partial charge in [0.1, 0.15) is 0 Å². The molecule has 2 heterocycles. The van der Waals surface area contributed by atoms with Crippen molar-refractivity contribution in [1.29, 1.82) is 0 Å². The van der Waals surface area contributed by atoms with Gasteiger partial charge in [0.2, 0.25) is 10.0 Å². The summed E-state index contributed by atoms with van der Waals surface area (Å²) in [5, 5.41) is 0. The molecule has 0 saturated carbocycles. The molecule has 1 saturated heterocycles. The van der Waals surface area contributed by atoms with Gasteiger partial charge in [0.25, 0.3) is 5.91 Å². The minimum Gasteiger partial charge on any atom is -0.305 e. The number of hydrogen-bond donors (Lipinski definition) is 0. The van der Waals surface area contributed by atoms with E-state index in [0.717, 1.165) is 12.1 Å². The number of amides is 1. The maximum absolute atomic E-state index is 13.1. The number of fused-ring (bicyclic) bond motifs is 1. The van der Waals surface area contributed by atoms with Crippen molar-refractivity contribution in [2.75, 3.05) is 21.5 Å². The van der Waals surface area contributed by atoms with Crippen molar-refractivity contribution >= 4 is 27.3 Å². The highest BCUT2D eigenvalue weighted by Gasteiger charge is 2.32. The first-order valence-electron chi connectivity index (χ1n) is 8.49. The number of carbonyl (C=O) groups is 1. The van der Waals surface area contributed by atoms with Gasteiger partial charge in [-0.2, -0.15) is 0 Å². The summed E-state index contributed by atoms with van der Waals surface area (Å²) in [6.45, 7) is 2.51. The molecule has 2 aliphatic heterocycles. The van der Waals surface area contributed by atoms with Crippen molar-refractivity contribution in [3.63, 3.8) is 0 Å². The maximum atomic E-state index is 13.1. The largest absolute Gasteiger partial charge is 0.305 e. The van der Waals surface area contributed by atoms with Crippen molar-refractivity contribution in [3.05, 3.63) is 59.7 Å². The van der Waals surface area contributed by atoms with Crippen LogP contribution in [0.5, 0.6) is 0 Å². The standard InChI is InChI=1S/C19H20N2O3S/c1-14-12-15-6-2-3-9-18(15)21(14)19(22)16-7-4-8-17(13-16)20-10-5-11-25(20,23)24/h2-4,6-9,13-14H,5,10-12H2,1H3. The van der Waals surface area contributed by atoms with E-state index in [-0.39, 0.29) is 17.7 Å². The molecular weight excluding hydrogens is 336 g/mol. The van der Waals surface area contributed by atoms with E-state index in [2.05, 4.69) is 0 Å². The molecule has 0 bridgehead atoms. The first kappa shape index (κ1) is 16.1. The molecule has 0 spiro atoms. The van der Waals surface area contributed by atoms with Gasteiger partial charge in [-0.3, -0.25) is 9.10 Å². The van der Waals surface area contributed by atoms with E-state index in [0.29, 0.717) is 24.2 Å². The lowest BCUT2D eigenvalue weighted by molar-refractivity contribution is 0.0981. The predicted molar refractivity (Wildman–Crippen MR) is 98.6 cm³/mol. The Labute approximate surface area is 147 Å². The average Bonchev–Trinajstić information content (AvgIpc) is 3.12. The van der Waals surface area contributed by atoms with Crippen LogP contribution in [0.1, 0.15) is 29.3 Å². The quantitative estimate of drug-likeness (QED) is 0.831. The van der Waals surface area contributed by atoms with Crippen molar-refractivity contribution in [2.24, 2.45) is 0 Å². The summed E-state index contributed by atoms with van der Waals surface area (Å²) in [4.78, 5) is 14.9. The van der Waals surface area contributed by atoms with Gasteiger partial charge in [0.15, 0.2) is 0 Å². The molecule has 1 amide bonds. The van der Waals surface area contributed by atoms with Crippen LogP contribution in [0.4, 0.5) is 11.4 Å². The monoisotopic (exact) mass is 356 g/mol. The second kappa shape index (κ2) is 5.88. The molecule has 0 radical (unpaired) electrons. The number of anilines is 2. The molecule has 2 aromatic rings. The SMILES string of the molecule is CC1Cc2ccccc2N1C(=O)c1cccc(N2CCCS2(=O)=O)c1. The molecule has 1 unspecified atom stereocenters. The minimum atomic E-state index is -3.25. The first-order chi connectivity index (χ1) is 12.0. The van der Waals surface area contributed by atoms with E-state index in [1.807, 2.05) is 36.1 Å².